The van der Waals surface area contributed by atoms with Crippen molar-refractivity contribution in [3.8, 4) is 11.5 Å². The van der Waals surface area contributed by atoms with Crippen LogP contribution in [0.2, 0.25) is 0 Å². The Balaban J connectivity index is 1.92. The van der Waals surface area contributed by atoms with E-state index in [9.17, 15) is 0 Å². The van der Waals surface area contributed by atoms with E-state index in [0.717, 1.165) is 15.9 Å². The van der Waals surface area contributed by atoms with Gasteiger partial charge in [0.1, 0.15) is 0 Å². The number of para-hydroxylation sites is 1. The van der Waals surface area contributed by atoms with Crippen molar-refractivity contribution in [2.24, 2.45) is 17.3 Å². The molecule has 0 unspecified atom stereocenters. The lowest BCUT2D eigenvalue weighted by Crippen LogP contribution is -2.08. The number of fused-ring (bicyclic) bond motifs is 1. The largest absolute Gasteiger partial charge is 0.493 e. The summed E-state index contributed by atoms with van der Waals surface area (Å²) >= 11 is 1.61. The zero-order chi connectivity index (χ0) is 16.2. The summed E-state index contributed by atoms with van der Waals surface area (Å²) in [6, 6.07) is 13.8. The summed E-state index contributed by atoms with van der Waals surface area (Å²) in [5.41, 5.74) is 2.05. The second-order valence-electron chi connectivity index (χ2n) is 4.87. The predicted molar refractivity (Wildman–Crippen MR) is 93.5 cm³/mol. The molecule has 0 amide bonds. The van der Waals surface area contributed by atoms with Gasteiger partial charge in [0.15, 0.2) is 11.5 Å². The fourth-order valence-corrected chi connectivity index (χ4v) is 3.23. The van der Waals surface area contributed by atoms with Crippen LogP contribution < -0.4 is 14.3 Å². The standard InChI is InChI=1S/C17H17N3O2S/c1-20-13-6-4-5-7-16(13)23-17(20)19-18-11-12-8-9-14(21-2)15(10-12)22-3/h4-11H,1-3H3/b18-11+,19-17-. The molecule has 1 heterocycles. The summed E-state index contributed by atoms with van der Waals surface area (Å²) < 4.78 is 13.7. The van der Waals surface area contributed by atoms with E-state index >= 15 is 0 Å². The first-order valence-corrected chi connectivity index (χ1v) is 7.88. The van der Waals surface area contributed by atoms with E-state index in [1.165, 1.54) is 4.70 Å². The molecule has 5 nitrogen and oxygen atoms in total. The number of benzene rings is 2. The minimum absolute atomic E-state index is 0.670. The van der Waals surface area contributed by atoms with Crippen molar-refractivity contribution in [1.29, 1.82) is 0 Å². The minimum atomic E-state index is 0.670. The van der Waals surface area contributed by atoms with Gasteiger partial charge in [0.2, 0.25) is 4.80 Å². The van der Waals surface area contributed by atoms with Crippen LogP contribution in [-0.2, 0) is 7.05 Å². The smallest absolute Gasteiger partial charge is 0.211 e. The Hall–Kier alpha value is -2.60. The fourth-order valence-electron chi connectivity index (χ4n) is 2.26. The van der Waals surface area contributed by atoms with Gasteiger partial charge in [0.25, 0.3) is 0 Å². The fraction of sp³-hybridized carbons (Fsp3) is 0.176. The first-order valence-electron chi connectivity index (χ1n) is 7.06. The van der Waals surface area contributed by atoms with E-state index in [1.807, 2.05) is 41.9 Å². The average molecular weight is 327 g/mol. The van der Waals surface area contributed by atoms with Gasteiger partial charge in [-0.3, -0.25) is 0 Å². The third-order valence-electron chi connectivity index (χ3n) is 3.47. The second-order valence-corrected chi connectivity index (χ2v) is 5.88. The number of thiazole rings is 1. The van der Waals surface area contributed by atoms with Gasteiger partial charge in [-0.1, -0.05) is 23.5 Å². The monoisotopic (exact) mass is 327 g/mol. The maximum absolute atomic E-state index is 5.28. The second kappa shape index (κ2) is 6.66. The summed E-state index contributed by atoms with van der Waals surface area (Å²) in [6.45, 7) is 0. The summed E-state index contributed by atoms with van der Waals surface area (Å²) in [7, 11) is 5.21. The van der Waals surface area contributed by atoms with Gasteiger partial charge in [-0.05, 0) is 35.9 Å². The number of aromatic nitrogens is 1. The molecule has 0 saturated heterocycles. The van der Waals surface area contributed by atoms with Crippen LogP contribution in [0.15, 0.2) is 52.7 Å². The van der Waals surface area contributed by atoms with Crippen LogP contribution in [0.1, 0.15) is 5.56 Å². The number of nitrogens with zero attached hydrogens (tertiary/aromatic N) is 3. The molecule has 0 aliphatic carbocycles. The molecule has 0 N–H and O–H groups in total. The van der Waals surface area contributed by atoms with E-state index in [1.54, 1.807) is 31.8 Å². The highest BCUT2D eigenvalue weighted by Crippen LogP contribution is 2.26. The van der Waals surface area contributed by atoms with Crippen LogP contribution in [0, 0.1) is 0 Å². The summed E-state index contributed by atoms with van der Waals surface area (Å²) in [6.07, 6.45) is 1.70. The molecule has 0 fully saturated rings. The molecule has 0 radical (unpaired) electrons. The molecule has 0 aliphatic heterocycles. The minimum Gasteiger partial charge on any atom is -0.493 e. The van der Waals surface area contributed by atoms with E-state index in [-0.39, 0.29) is 0 Å². The Labute approximate surface area is 138 Å². The van der Waals surface area contributed by atoms with E-state index in [4.69, 9.17) is 9.47 Å². The Morgan fingerprint density at radius 1 is 1.04 bits per heavy atom. The Morgan fingerprint density at radius 3 is 2.57 bits per heavy atom. The van der Waals surface area contributed by atoms with Crippen LogP contribution in [0.25, 0.3) is 10.2 Å². The van der Waals surface area contributed by atoms with E-state index in [2.05, 4.69) is 22.3 Å². The molecule has 0 aliphatic rings. The summed E-state index contributed by atoms with van der Waals surface area (Å²) in [4.78, 5) is 0.850. The third kappa shape index (κ3) is 3.12. The predicted octanol–water partition coefficient (Wildman–Crippen LogP) is 3.19. The zero-order valence-corrected chi connectivity index (χ0v) is 14.0. The molecule has 3 rings (SSSR count). The SMILES string of the molecule is COc1ccc(/C=N/N=c2\sc3ccccc3n2C)cc1OC. The normalized spacial score (nSPS) is 12.2. The number of hydrogen-bond acceptors (Lipinski definition) is 5. The number of aryl methyl sites for hydroxylation is 1. The highest BCUT2D eigenvalue weighted by Gasteiger charge is 2.03. The maximum atomic E-state index is 5.28. The van der Waals surface area contributed by atoms with Crippen LogP contribution in [0.5, 0.6) is 11.5 Å². The van der Waals surface area contributed by atoms with E-state index < -0.39 is 0 Å². The zero-order valence-electron chi connectivity index (χ0n) is 13.2. The highest BCUT2D eigenvalue weighted by molar-refractivity contribution is 7.16. The first kappa shape index (κ1) is 15.3. The lowest BCUT2D eigenvalue weighted by Gasteiger charge is -2.06. The molecule has 1 aromatic heterocycles. The molecule has 118 valence electrons. The van der Waals surface area contributed by atoms with Crippen molar-refractivity contribution < 1.29 is 9.47 Å². The summed E-state index contributed by atoms with van der Waals surface area (Å²) in [5.74, 6) is 1.36. The molecular formula is C17H17N3O2S. The van der Waals surface area contributed by atoms with Gasteiger partial charge in [-0.2, -0.15) is 5.10 Å². The molecule has 6 heteroatoms. The molecular weight excluding hydrogens is 310 g/mol. The van der Waals surface area contributed by atoms with Crippen LogP contribution in [0.4, 0.5) is 0 Å². The summed E-state index contributed by atoms with van der Waals surface area (Å²) in [5, 5.41) is 8.51. The number of hydrogen-bond donors (Lipinski definition) is 0. The Kier molecular flexibility index (Phi) is 4.43. The van der Waals surface area contributed by atoms with E-state index in [0.29, 0.717) is 11.5 Å². The molecule has 3 aromatic rings. The molecule has 0 atom stereocenters. The van der Waals surface area contributed by atoms with Gasteiger partial charge in [-0.25, -0.2) is 0 Å². The highest BCUT2D eigenvalue weighted by atomic mass is 32.1. The first-order chi connectivity index (χ1) is 11.2. The molecule has 23 heavy (non-hydrogen) atoms. The van der Waals surface area contributed by atoms with Gasteiger partial charge in [0, 0.05) is 7.05 Å². The maximum Gasteiger partial charge on any atom is 0.211 e. The van der Waals surface area contributed by atoms with Crippen molar-refractivity contribution in [1.82, 2.24) is 4.57 Å². The quantitative estimate of drug-likeness (QED) is 0.546. The van der Waals surface area contributed by atoms with Gasteiger partial charge < -0.3 is 14.0 Å². The molecule has 0 spiro atoms. The lowest BCUT2D eigenvalue weighted by atomic mass is 10.2. The van der Waals surface area contributed by atoms with Gasteiger partial charge in [0.05, 0.1) is 30.7 Å². The van der Waals surface area contributed by atoms with Gasteiger partial charge in [-0.15, -0.1) is 5.10 Å². The lowest BCUT2D eigenvalue weighted by molar-refractivity contribution is 0.355. The average Bonchev–Trinajstić information content (AvgIpc) is 2.91. The number of rotatable bonds is 4. The van der Waals surface area contributed by atoms with Gasteiger partial charge >= 0.3 is 0 Å². The topological polar surface area (TPSA) is 48.1 Å². The van der Waals surface area contributed by atoms with Crippen molar-refractivity contribution in [3.63, 3.8) is 0 Å². The number of methoxy groups -OCH3 is 2. The Morgan fingerprint density at radius 2 is 1.83 bits per heavy atom. The van der Waals surface area contributed by atoms with Crippen molar-refractivity contribution >= 4 is 27.8 Å². The molecule has 2 aromatic carbocycles. The van der Waals surface area contributed by atoms with Crippen molar-refractivity contribution in [3.05, 3.63) is 52.8 Å². The molecule has 0 saturated carbocycles. The van der Waals surface area contributed by atoms with Crippen molar-refractivity contribution in [2.45, 2.75) is 0 Å². The third-order valence-corrected chi connectivity index (χ3v) is 4.58. The molecule has 0 bridgehead atoms. The number of ether oxygens (including phenoxy) is 2. The Bertz CT molecular complexity index is 925. The van der Waals surface area contributed by atoms with Crippen LogP contribution >= 0.6 is 11.3 Å². The van der Waals surface area contributed by atoms with Crippen LogP contribution in [-0.4, -0.2) is 25.0 Å². The van der Waals surface area contributed by atoms with Crippen molar-refractivity contribution in [2.75, 3.05) is 14.2 Å². The van der Waals surface area contributed by atoms with Crippen LogP contribution in [0.3, 0.4) is 0 Å².